The Kier molecular flexibility index (Phi) is 6.56. The molecule has 0 saturated carbocycles. The summed E-state index contributed by atoms with van der Waals surface area (Å²) in [6, 6.07) is 7.90. The number of carbonyl (C=O) groups is 1. The molecule has 2 aliphatic heterocycles. The van der Waals surface area contributed by atoms with Gasteiger partial charge in [-0.2, -0.15) is 0 Å². The van der Waals surface area contributed by atoms with E-state index >= 15 is 0 Å². The number of likely N-dealkylation sites (tertiary alicyclic amines) is 1. The van der Waals surface area contributed by atoms with E-state index in [1.165, 1.54) is 25.9 Å². The normalized spacial score (nSPS) is 23.4. The van der Waals surface area contributed by atoms with E-state index < -0.39 is 0 Å². The fourth-order valence-corrected chi connectivity index (χ4v) is 3.85. The van der Waals surface area contributed by atoms with Crippen LogP contribution in [0, 0.1) is 5.92 Å². The molecule has 0 aromatic heterocycles. The van der Waals surface area contributed by atoms with Crippen molar-refractivity contribution in [2.75, 3.05) is 32.8 Å². The average Bonchev–Trinajstić information content (AvgIpc) is 2.62. The van der Waals surface area contributed by atoms with Crippen LogP contribution in [0.25, 0.3) is 0 Å². The van der Waals surface area contributed by atoms with Crippen LogP contribution in [0.2, 0.25) is 0 Å². The molecule has 5 heteroatoms. The highest BCUT2D eigenvalue weighted by molar-refractivity contribution is 5.74. The standard InChI is InChI=1S/C20H31N3O2/c1-16-7-6-13-23(15-16)12-5-4-11-21-20(24)22-18-10-14-25-19-9-3-2-8-17(18)19/h2-3,8-9,16,18H,4-7,10-15H2,1H3,(H2,21,22,24). The molecule has 138 valence electrons. The molecular weight excluding hydrogens is 314 g/mol. The Hall–Kier alpha value is -1.75. The molecule has 1 fully saturated rings. The van der Waals surface area contributed by atoms with E-state index in [2.05, 4.69) is 22.5 Å². The number of rotatable bonds is 6. The van der Waals surface area contributed by atoms with E-state index in [0.717, 1.165) is 49.6 Å². The van der Waals surface area contributed by atoms with Gasteiger partial charge in [-0.15, -0.1) is 0 Å². The Morgan fingerprint density at radius 3 is 3.04 bits per heavy atom. The molecule has 5 nitrogen and oxygen atoms in total. The molecule has 1 saturated heterocycles. The minimum Gasteiger partial charge on any atom is -0.493 e. The maximum atomic E-state index is 12.2. The lowest BCUT2D eigenvalue weighted by atomic mass is 10.0. The number of ether oxygens (including phenoxy) is 1. The number of urea groups is 1. The maximum absolute atomic E-state index is 12.2. The van der Waals surface area contributed by atoms with Crippen LogP contribution < -0.4 is 15.4 Å². The molecule has 0 aliphatic carbocycles. The van der Waals surface area contributed by atoms with Crippen LogP contribution >= 0.6 is 0 Å². The SMILES string of the molecule is CC1CCCN(CCCCNC(=O)NC2CCOc3ccccc32)C1. The molecule has 1 aromatic rings. The molecule has 2 amide bonds. The number of para-hydroxylation sites is 1. The first-order valence-electron chi connectivity index (χ1n) is 9.71. The molecule has 2 heterocycles. The van der Waals surface area contributed by atoms with Crippen LogP contribution in [-0.4, -0.2) is 43.7 Å². The lowest BCUT2D eigenvalue weighted by molar-refractivity contribution is 0.181. The zero-order valence-electron chi connectivity index (χ0n) is 15.3. The van der Waals surface area contributed by atoms with Crippen molar-refractivity contribution in [3.8, 4) is 5.75 Å². The van der Waals surface area contributed by atoms with Gasteiger partial charge in [-0.3, -0.25) is 0 Å². The van der Waals surface area contributed by atoms with Gasteiger partial charge in [0.2, 0.25) is 0 Å². The number of unbranched alkanes of at least 4 members (excludes halogenated alkanes) is 1. The van der Waals surface area contributed by atoms with Crippen LogP contribution in [0.1, 0.15) is 50.6 Å². The monoisotopic (exact) mass is 345 g/mol. The Morgan fingerprint density at radius 1 is 1.28 bits per heavy atom. The Labute approximate surface area is 151 Å². The third-order valence-electron chi connectivity index (χ3n) is 5.19. The van der Waals surface area contributed by atoms with Crippen molar-refractivity contribution in [2.24, 2.45) is 5.92 Å². The molecule has 0 bridgehead atoms. The van der Waals surface area contributed by atoms with Crippen LogP contribution in [0.4, 0.5) is 4.79 Å². The van der Waals surface area contributed by atoms with Crippen LogP contribution in [-0.2, 0) is 0 Å². The molecule has 0 radical (unpaired) electrons. The van der Waals surface area contributed by atoms with Crippen molar-refractivity contribution in [3.63, 3.8) is 0 Å². The fraction of sp³-hybridized carbons (Fsp3) is 0.650. The second-order valence-corrected chi connectivity index (χ2v) is 7.38. The number of nitrogens with zero attached hydrogens (tertiary/aromatic N) is 1. The van der Waals surface area contributed by atoms with E-state index in [-0.39, 0.29) is 12.1 Å². The predicted molar refractivity (Wildman–Crippen MR) is 99.9 cm³/mol. The van der Waals surface area contributed by atoms with Gasteiger partial charge in [0.25, 0.3) is 0 Å². The number of fused-ring (bicyclic) bond motifs is 1. The van der Waals surface area contributed by atoms with Crippen molar-refractivity contribution in [1.82, 2.24) is 15.5 Å². The summed E-state index contributed by atoms with van der Waals surface area (Å²) < 4.78 is 5.64. The van der Waals surface area contributed by atoms with Gasteiger partial charge in [0.15, 0.2) is 0 Å². The number of piperidine rings is 1. The number of carbonyl (C=O) groups excluding carboxylic acids is 1. The largest absolute Gasteiger partial charge is 0.493 e. The first kappa shape index (κ1) is 18.1. The topological polar surface area (TPSA) is 53.6 Å². The van der Waals surface area contributed by atoms with Crippen LogP contribution in [0.15, 0.2) is 24.3 Å². The number of benzene rings is 1. The summed E-state index contributed by atoms with van der Waals surface area (Å²) in [5.74, 6) is 1.72. The summed E-state index contributed by atoms with van der Waals surface area (Å²) >= 11 is 0. The van der Waals surface area contributed by atoms with Gasteiger partial charge < -0.3 is 20.3 Å². The highest BCUT2D eigenvalue weighted by Crippen LogP contribution is 2.31. The Morgan fingerprint density at radius 2 is 2.16 bits per heavy atom. The summed E-state index contributed by atoms with van der Waals surface area (Å²) in [5, 5.41) is 6.08. The number of hydrogen-bond acceptors (Lipinski definition) is 3. The number of nitrogens with one attached hydrogen (secondary N) is 2. The summed E-state index contributed by atoms with van der Waals surface area (Å²) in [4.78, 5) is 14.7. The van der Waals surface area contributed by atoms with Crippen molar-refractivity contribution in [1.29, 1.82) is 0 Å². The quantitative estimate of drug-likeness (QED) is 0.778. The Bertz CT molecular complexity index is 564. The average molecular weight is 345 g/mol. The molecule has 3 rings (SSSR count). The molecule has 2 unspecified atom stereocenters. The van der Waals surface area contributed by atoms with Gasteiger partial charge in [0.05, 0.1) is 12.6 Å². The molecule has 2 aliphatic rings. The molecule has 2 atom stereocenters. The van der Waals surface area contributed by atoms with Gasteiger partial charge in [0.1, 0.15) is 5.75 Å². The lowest BCUT2D eigenvalue weighted by Crippen LogP contribution is -2.40. The number of hydrogen-bond donors (Lipinski definition) is 2. The first-order valence-corrected chi connectivity index (χ1v) is 9.71. The van der Waals surface area contributed by atoms with E-state index in [0.29, 0.717) is 6.61 Å². The van der Waals surface area contributed by atoms with Gasteiger partial charge in [0, 0.05) is 25.1 Å². The van der Waals surface area contributed by atoms with Gasteiger partial charge >= 0.3 is 6.03 Å². The smallest absolute Gasteiger partial charge is 0.315 e. The number of amides is 2. The molecule has 2 N–H and O–H groups in total. The fourth-order valence-electron chi connectivity index (χ4n) is 3.85. The van der Waals surface area contributed by atoms with E-state index in [1.54, 1.807) is 0 Å². The highest BCUT2D eigenvalue weighted by atomic mass is 16.5. The van der Waals surface area contributed by atoms with E-state index in [9.17, 15) is 4.79 Å². The third-order valence-corrected chi connectivity index (χ3v) is 5.19. The third kappa shape index (κ3) is 5.36. The van der Waals surface area contributed by atoms with Gasteiger partial charge in [-0.1, -0.05) is 25.1 Å². The Balaban J connectivity index is 1.32. The van der Waals surface area contributed by atoms with Gasteiger partial charge in [-0.05, 0) is 50.8 Å². The summed E-state index contributed by atoms with van der Waals surface area (Å²) in [6.45, 7) is 7.35. The molecule has 1 aromatic carbocycles. The minimum atomic E-state index is -0.0757. The second kappa shape index (κ2) is 9.09. The van der Waals surface area contributed by atoms with Crippen molar-refractivity contribution in [3.05, 3.63) is 29.8 Å². The minimum absolute atomic E-state index is 0.0415. The summed E-state index contributed by atoms with van der Waals surface area (Å²) in [7, 11) is 0. The van der Waals surface area contributed by atoms with E-state index in [1.807, 2.05) is 24.3 Å². The maximum Gasteiger partial charge on any atom is 0.315 e. The lowest BCUT2D eigenvalue weighted by Gasteiger charge is -2.30. The first-order chi connectivity index (χ1) is 12.2. The van der Waals surface area contributed by atoms with E-state index in [4.69, 9.17) is 4.74 Å². The second-order valence-electron chi connectivity index (χ2n) is 7.38. The predicted octanol–water partition coefficient (Wildman–Crippen LogP) is 3.32. The molecular formula is C20H31N3O2. The van der Waals surface area contributed by atoms with Crippen molar-refractivity contribution < 1.29 is 9.53 Å². The summed E-state index contributed by atoms with van der Waals surface area (Å²) in [5.41, 5.74) is 1.07. The van der Waals surface area contributed by atoms with Crippen LogP contribution in [0.3, 0.4) is 0 Å². The van der Waals surface area contributed by atoms with Crippen molar-refractivity contribution >= 4 is 6.03 Å². The van der Waals surface area contributed by atoms with Crippen molar-refractivity contribution in [2.45, 2.75) is 45.1 Å². The molecule has 25 heavy (non-hydrogen) atoms. The van der Waals surface area contributed by atoms with Gasteiger partial charge in [-0.25, -0.2) is 4.79 Å². The highest BCUT2D eigenvalue weighted by Gasteiger charge is 2.22. The van der Waals surface area contributed by atoms with Crippen LogP contribution in [0.5, 0.6) is 5.75 Å². The molecule has 0 spiro atoms. The summed E-state index contributed by atoms with van der Waals surface area (Å²) in [6.07, 6.45) is 5.69. The zero-order valence-corrected chi connectivity index (χ0v) is 15.3. The zero-order chi connectivity index (χ0) is 17.5.